The third kappa shape index (κ3) is 2.36. The van der Waals surface area contributed by atoms with Gasteiger partial charge in [-0.1, -0.05) is 0 Å². The zero-order valence-corrected chi connectivity index (χ0v) is 11.0. The summed E-state index contributed by atoms with van der Waals surface area (Å²) in [4.78, 5) is 23.0. The Morgan fingerprint density at radius 3 is 2.40 bits per heavy atom. The number of nitrogens with zero attached hydrogens (tertiary/aromatic N) is 1. The van der Waals surface area contributed by atoms with Gasteiger partial charge in [-0.05, 0) is 6.42 Å². The number of alkyl halides is 3. The van der Waals surface area contributed by atoms with Gasteiger partial charge in [0.05, 0.1) is 16.9 Å². The molecule has 2 heterocycles. The Labute approximate surface area is 112 Å². The molecule has 1 N–H and O–H groups in total. The van der Waals surface area contributed by atoms with Gasteiger partial charge in [0, 0.05) is 19.0 Å². The highest BCUT2D eigenvalue weighted by Crippen LogP contribution is 2.44. The lowest BCUT2D eigenvalue weighted by Gasteiger charge is -2.33. The third-order valence-corrected chi connectivity index (χ3v) is 5.70. The average Bonchev–Trinajstić information content (AvgIpc) is 2.64. The second-order valence-electron chi connectivity index (χ2n) is 5.21. The maximum absolute atomic E-state index is 12.4. The van der Waals surface area contributed by atoms with E-state index in [0.717, 1.165) is 0 Å². The molecule has 0 radical (unpaired) electrons. The van der Waals surface area contributed by atoms with Crippen molar-refractivity contribution >= 4 is 21.7 Å². The summed E-state index contributed by atoms with van der Waals surface area (Å²) in [5.74, 6) is -5.35. The number of hydrogen-bond acceptors (Lipinski definition) is 4. The van der Waals surface area contributed by atoms with Crippen molar-refractivity contribution in [2.45, 2.75) is 12.6 Å². The number of halogens is 3. The first kappa shape index (κ1) is 15.1. The Bertz CT molecular complexity index is 558. The summed E-state index contributed by atoms with van der Waals surface area (Å²) >= 11 is 0. The predicted octanol–water partition coefficient (Wildman–Crippen LogP) is -0.103. The van der Waals surface area contributed by atoms with Crippen LogP contribution in [0.2, 0.25) is 0 Å². The van der Waals surface area contributed by atoms with Crippen molar-refractivity contribution in [3.8, 4) is 0 Å². The molecule has 0 saturated carbocycles. The van der Waals surface area contributed by atoms with Crippen LogP contribution < -0.4 is 0 Å². The van der Waals surface area contributed by atoms with E-state index in [4.69, 9.17) is 0 Å². The third-order valence-electron chi connectivity index (χ3n) is 3.97. The van der Waals surface area contributed by atoms with Gasteiger partial charge in [0.1, 0.15) is 0 Å². The van der Waals surface area contributed by atoms with Crippen molar-refractivity contribution in [3.63, 3.8) is 0 Å². The number of carboxylic acids is 1. The number of aliphatic carboxylic acids is 1. The van der Waals surface area contributed by atoms with Crippen LogP contribution in [0.4, 0.5) is 13.2 Å². The first-order chi connectivity index (χ1) is 8.98. The number of amides is 1. The maximum atomic E-state index is 12.4. The van der Waals surface area contributed by atoms with E-state index >= 15 is 0 Å². The van der Waals surface area contributed by atoms with Crippen LogP contribution in [0.5, 0.6) is 0 Å². The first-order valence-electron chi connectivity index (χ1n) is 5.78. The van der Waals surface area contributed by atoms with Crippen LogP contribution in [0.15, 0.2) is 0 Å². The van der Waals surface area contributed by atoms with Gasteiger partial charge in [0.25, 0.3) is 0 Å². The number of hydrogen-bond donors (Lipinski definition) is 1. The van der Waals surface area contributed by atoms with Gasteiger partial charge in [-0.15, -0.1) is 0 Å². The van der Waals surface area contributed by atoms with Crippen molar-refractivity contribution in [3.05, 3.63) is 0 Å². The second-order valence-corrected chi connectivity index (χ2v) is 7.43. The van der Waals surface area contributed by atoms with Gasteiger partial charge in [-0.25, -0.2) is 8.42 Å². The van der Waals surface area contributed by atoms with E-state index in [2.05, 4.69) is 0 Å². The molecule has 20 heavy (non-hydrogen) atoms. The standard InChI is InChI=1S/C10H12F3NO5S/c11-10(12,13)7(15)14-3-6-4-20(18,19)2-1-9(6,5-14)8(16)17/h6H,1-5H2,(H,16,17). The summed E-state index contributed by atoms with van der Waals surface area (Å²) in [5, 5.41) is 9.26. The molecule has 2 unspecified atom stereocenters. The highest BCUT2D eigenvalue weighted by atomic mass is 32.2. The van der Waals surface area contributed by atoms with Crippen molar-refractivity contribution in [2.75, 3.05) is 24.6 Å². The number of fused-ring (bicyclic) bond motifs is 1. The average molecular weight is 315 g/mol. The largest absolute Gasteiger partial charge is 0.481 e. The molecule has 2 atom stereocenters. The maximum Gasteiger partial charge on any atom is 0.471 e. The SMILES string of the molecule is O=C(N1CC2CS(=O)(=O)CCC2(C(=O)O)C1)C(F)(F)F. The minimum atomic E-state index is -5.09. The predicted molar refractivity (Wildman–Crippen MR) is 59.5 cm³/mol. The lowest BCUT2D eigenvalue weighted by atomic mass is 9.76. The lowest BCUT2D eigenvalue weighted by molar-refractivity contribution is -0.185. The van der Waals surface area contributed by atoms with Gasteiger partial charge >= 0.3 is 18.1 Å². The van der Waals surface area contributed by atoms with Gasteiger partial charge in [0.15, 0.2) is 9.84 Å². The van der Waals surface area contributed by atoms with E-state index in [1.165, 1.54) is 0 Å². The highest BCUT2D eigenvalue weighted by molar-refractivity contribution is 7.91. The number of rotatable bonds is 1. The molecule has 2 saturated heterocycles. The smallest absolute Gasteiger partial charge is 0.471 e. The summed E-state index contributed by atoms with van der Waals surface area (Å²) in [6.07, 6.45) is -5.36. The molecule has 114 valence electrons. The van der Waals surface area contributed by atoms with Crippen LogP contribution in [0.25, 0.3) is 0 Å². The number of likely N-dealkylation sites (tertiary alicyclic amines) is 1. The molecule has 2 aliphatic heterocycles. The van der Waals surface area contributed by atoms with Crippen LogP contribution >= 0.6 is 0 Å². The van der Waals surface area contributed by atoms with Crippen LogP contribution in [0.1, 0.15) is 6.42 Å². The fourth-order valence-electron chi connectivity index (χ4n) is 2.88. The monoisotopic (exact) mass is 315 g/mol. The molecule has 2 rings (SSSR count). The van der Waals surface area contributed by atoms with Crippen LogP contribution in [0.3, 0.4) is 0 Å². The summed E-state index contributed by atoms with van der Waals surface area (Å²) in [7, 11) is -3.48. The summed E-state index contributed by atoms with van der Waals surface area (Å²) in [6.45, 7) is -1.09. The molecule has 2 fully saturated rings. The van der Waals surface area contributed by atoms with Gasteiger partial charge in [-0.2, -0.15) is 13.2 Å². The fourth-order valence-corrected chi connectivity index (χ4v) is 4.76. The molecule has 6 nitrogen and oxygen atoms in total. The molecule has 10 heteroatoms. The lowest BCUT2D eigenvalue weighted by Crippen LogP contribution is -2.47. The van der Waals surface area contributed by atoms with E-state index in [0.29, 0.717) is 4.90 Å². The fraction of sp³-hybridized carbons (Fsp3) is 0.800. The summed E-state index contributed by atoms with van der Waals surface area (Å²) < 4.78 is 60.2. The molecule has 0 aromatic heterocycles. The van der Waals surface area contributed by atoms with E-state index < -0.39 is 58.1 Å². The van der Waals surface area contributed by atoms with E-state index in [9.17, 15) is 36.3 Å². The number of carbonyl (C=O) groups excluding carboxylic acids is 1. The molecule has 2 aliphatic rings. The van der Waals surface area contributed by atoms with Gasteiger partial charge in [-0.3, -0.25) is 9.59 Å². The van der Waals surface area contributed by atoms with Gasteiger partial charge in [0.2, 0.25) is 0 Å². The highest BCUT2D eigenvalue weighted by Gasteiger charge is 2.59. The minimum absolute atomic E-state index is 0.267. The summed E-state index contributed by atoms with van der Waals surface area (Å²) in [6, 6.07) is 0. The molecular formula is C10H12F3NO5S. The number of carbonyl (C=O) groups is 2. The zero-order chi connectivity index (χ0) is 15.3. The molecule has 0 aromatic rings. The number of carboxylic acid groups (broad SMARTS) is 1. The van der Waals surface area contributed by atoms with Crippen LogP contribution in [0, 0.1) is 11.3 Å². The number of sulfone groups is 1. The van der Waals surface area contributed by atoms with E-state index in [1.807, 2.05) is 0 Å². The molecule has 0 bridgehead atoms. The second kappa shape index (κ2) is 4.34. The van der Waals surface area contributed by atoms with Crippen LogP contribution in [-0.4, -0.2) is 61.1 Å². The topological polar surface area (TPSA) is 91.8 Å². The van der Waals surface area contributed by atoms with Crippen LogP contribution in [-0.2, 0) is 19.4 Å². The first-order valence-corrected chi connectivity index (χ1v) is 7.60. The Morgan fingerprint density at radius 2 is 1.90 bits per heavy atom. The minimum Gasteiger partial charge on any atom is -0.481 e. The molecule has 0 aromatic carbocycles. The summed E-state index contributed by atoms with van der Waals surface area (Å²) in [5.41, 5.74) is -1.59. The van der Waals surface area contributed by atoms with Crippen molar-refractivity contribution in [2.24, 2.45) is 11.3 Å². The van der Waals surface area contributed by atoms with Crippen molar-refractivity contribution < 1.29 is 36.3 Å². The van der Waals surface area contributed by atoms with Crippen molar-refractivity contribution in [1.82, 2.24) is 4.90 Å². The molecule has 0 aliphatic carbocycles. The van der Waals surface area contributed by atoms with E-state index in [1.54, 1.807) is 0 Å². The Kier molecular flexibility index (Phi) is 3.27. The van der Waals surface area contributed by atoms with Crippen molar-refractivity contribution in [1.29, 1.82) is 0 Å². The van der Waals surface area contributed by atoms with Gasteiger partial charge < -0.3 is 10.0 Å². The molecule has 0 spiro atoms. The quantitative estimate of drug-likeness (QED) is 0.729. The Hall–Kier alpha value is -1.32. The Balaban J connectivity index is 2.31. The normalized spacial score (nSPS) is 32.8. The van der Waals surface area contributed by atoms with E-state index in [-0.39, 0.29) is 12.2 Å². The molecular weight excluding hydrogens is 303 g/mol. The zero-order valence-electron chi connectivity index (χ0n) is 10.2. The molecule has 1 amide bonds. The Morgan fingerprint density at radius 1 is 1.30 bits per heavy atom.